The average Bonchev–Trinajstić information content (AvgIpc) is 2.53. The van der Waals surface area contributed by atoms with Gasteiger partial charge in [-0.05, 0) is 62.6 Å². The van der Waals surface area contributed by atoms with Crippen molar-refractivity contribution in [1.29, 1.82) is 0 Å². The first kappa shape index (κ1) is 19.9. The molecule has 8 heteroatoms. The minimum atomic E-state index is -5.29. The normalized spacial score (nSPS) is 21.9. The van der Waals surface area contributed by atoms with E-state index < -0.39 is 20.2 Å². The number of hydrogen-bond donors (Lipinski definition) is 0. The number of ether oxygens (including phenoxy) is 1. The fourth-order valence-corrected chi connectivity index (χ4v) is 3.77. The molecule has 1 aliphatic carbocycles. The van der Waals surface area contributed by atoms with Gasteiger partial charge >= 0.3 is 5.51 Å². The number of hydrogen-bond acceptors (Lipinski definition) is 4. The van der Waals surface area contributed by atoms with Crippen molar-refractivity contribution in [3.8, 4) is 0 Å². The Kier molecular flexibility index (Phi) is 6.26. The summed E-state index contributed by atoms with van der Waals surface area (Å²) in [6.45, 7) is 1.61. The molecular weight excluding hydrogens is 357 g/mol. The molecule has 1 fully saturated rings. The molecule has 0 N–H and O–H groups in total. The second-order valence-corrected chi connectivity index (χ2v) is 8.39. The van der Waals surface area contributed by atoms with Crippen LogP contribution in [-0.4, -0.2) is 32.4 Å². The molecule has 140 valence electrons. The van der Waals surface area contributed by atoms with Gasteiger partial charge in [-0.1, -0.05) is 12.1 Å². The summed E-state index contributed by atoms with van der Waals surface area (Å²) in [6, 6.07) is 4.91. The molecule has 0 unspecified atom stereocenters. The maximum absolute atomic E-state index is 12.5. The molecule has 1 saturated carbocycles. The van der Waals surface area contributed by atoms with E-state index in [9.17, 15) is 26.4 Å². The largest absolute Gasteiger partial charge is 0.501 e. The van der Waals surface area contributed by atoms with Crippen LogP contribution in [0.4, 0.5) is 13.2 Å². The van der Waals surface area contributed by atoms with E-state index in [1.165, 1.54) is 19.1 Å². The number of rotatable bonds is 6. The number of Topliss-reactive ketones (excluding diaryl/α,β-unsaturated/α-hetero) is 1. The van der Waals surface area contributed by atoms with Gasteiger partial charge < -0.3 is 4.74 Å². The van der Waals surface area contributed by atoms with Crippen molar-refractivity contribution in [1.82, 2.24) is 0 Å². The minimum Gasteiger partial charge on any atom is -0.370 e. The van der Waals surface area contributed by atoms with Crippen LogP contribution in [-0.2, 0) is 25.8 Å². The number of alkyl halides is 3. The molecule has 1 aliphatic rings. The van der Waals surface area contributed by atoms with Gasteiger partial charge in [0.1, 0.15) is 6.61 Å². The first-order chi connectivity index (χ1) is 11.6. The Morgan fingerprint density at radius 1 is 1.12 bits per heavy atom. The summed E-state index contributed by atoms with van der Waals surface area (Å²) >= 11 is 0. The van der Waals surface area contributed by atoms with Crippen molar-refractivity contribution in [2.75, 3.05) is 6.61 Å². The van der Waals surface area contributed by atoms with Gasteiger partial charge in [0.05, 0.1) is 11.0 Å². The lowest BCUT2D eigenvalue weighted by molar-refractivity contribution is -0.124. The smallest absolute Gasteiger partial charge is 0.370 e. The van der Waals surface area contributed by atoms with E-state index in [4.69, 9.17) is 4.74 Å². The van der Waals surface area contributed by atoms with E-state index in [1.54, 1.807) is 0 Å². The van der Waals surface area contributed by atoms with Crippen LogP contribution in [0.15, 0.2) is 29.2 Å². The number of carbonyl (C=O) groups is 1. The van der Waals surface area contributed by atoms with Gasteiger partial charge in [0.2, 0.25) is 0 Å². The highest BCUT2D eigenvalue weighted by Gasteiger charge is 2.46. The summed E-state index contributed by atoms with van der Waals surface area (Å²) in [4.78, 5) is 10.2. The Labute approximate surface area is 145 Å². The molecule has 0 amide bonds. The van der Waals surface area contributed by atoms with Gasteiger partial charge in [-0.3, -0.25) is 4.79 Å². The average molecular weight is 378 g/mol. The van der Waals surface area contributed by atoms with Crippen molar-refractivity contribution in [3.05, 3.63) is 29.8 Å². The topological polar surface area (TPSA) is 60.4 Å². The van der Waals surface area contributed by atoms with Gasteiger partial charge in [0.25, 0.3) is 9.84 Å². The Bertz CT molecular complexity index is 688. The van der Waals surface area contributed by atoms with Crippen molar-refractivity contribution >= 4 is 15.6 Å². The predicted molar refractivity (Wildman–Crippen MR) is 85.8 cm³/mol. The highest BCUT2D eigenvalue weighted by atomic mass is 32.2. The molecule has 0 aliphatic heterocycles. The van der Waals surface area contributed by atoms with Crippen molar-refractivity contribution in [2.45, 2.75) is 55.5 Å². The zero-order chi connectivity index (χ0) is 18.7. The lowest BCUT2D eigenvalue weighted by atomic mass is 9.83. The van der Waals surface area contributed by atoms with E-state index in [1.807, 2.05) is 0 Å². The quantitative estimate of drug-likeness (QED) is 0.758. The molecule has 0 atom stereocenters. The monoisotopic (exact) mass is 378 g/mol. The third-order valence-electron chi connectivity index (χ3n) is 4.38. The fraction of sp³-hybridized carbons (Fsp3) is 0.588. The van der Waals surface area contributed by atoms with Crippen LogP contribution in [0.25, 0.3) is 0 Å². The number of sulfone groups is 1. The molecule has 2 rings (SSSR count). The second-order valence-electron chi connectivity index (χ2n) is 6.45. The van der Waals surface area contributed by atoms with Gasteiger partial charge in [0.15, 0.2) is 5.78 Å². The SMILES string of the molecule is CC(=O)COC1CCC(Cc2ccc(S(=O)(=O)C(F)(F)F)cc2)CC1. The Balaban J connectivity index is 1.90. The molecular formula is C17H21F3O4S. The summed E-state index contributed by atoms with van der Waals surface area (Å²) in [5.41, 5.74) is -4.47. The van der Waals surface area contributed by atoms with E-state index in [-0.39, 0.29) is 18.5 Å². The second kappa shape index (κ2) is 7.86. The molecule has 1 aromatic carbocycles. The highest BCUT2D eigenvalue weighted by molar-refractivity contribution is 7.92. The molecule has 0 bridgehead atoms. The van der Waals surface area contributed by atoms with E-state index >= 15 is 0 Å². The summed E-state index contributed by atoms with van der Waals surface area (Å²) in [5, 5.41) is 0. The van der Waals surface area contributed by atoms with Crippen LogP contribution in [0, 0.1) is 5.92 Å². The molecule has 4 nitrogen and oxygen atoms in total. The zero-order valence-electron chi connectivity index (χ0n) is 13.9. The molecule has 0 radical (unpaired) electrons. The van der Waals surface area contributed by atoms with Gasteiger partial charge in [0, 0.05) is 0 Å². The molecule has 0 saturated heterocycles. The maximum Gasteiger partial charge on any atom is 0.501 e. The van der Waals surface area contributed by atoms with E-state index in [0.29, 0.717) is 12.3 Å². The number of benzene rings is 1. The lowest BCUT2D eigenvalue weighted by Gasteiger charge is -2.28. The summed E-state index contributed by atoms with van der Waals surface area (Å²) in [5.74, 6) is 0.373. The predicted octanol–water partition coefficient (Wildman–Crippen LogP) is 3.69. The Hall–Kier alpha value is -1.41. The molecule has 25 heavy (non-hydrogen) atoms. The molecule has 0 spiro atoms. The third-order valence-corrected chi connectivity index (χ3v) is 5.88. The van der Waals surface area contributed by atoms with Gasteiger partial charge in [-0.15, -0.1) is 0 Å². The van der Waals surface area contributed by atoms with Crippen molar-refractivity contribution in [2.24, 2.45) is 5.92 Å². The summed E-state index contributed by atoms with van der Waals surface area (Å²) < 4.78 is 65.7. The van der Waals surface area contributed by atoms with Crippen molar-refractivity contribution in [3.63, 3.8) is 0 Å². The third kappa shape index (κ3) is 5.28. The maximum atomic E-state index is 12.5. The summed E-state index contributed by atoms with van der Waals surface area (Å²) in [7, 11) is -5.29. The lowest BCUT2D eigenvalue weighted by Crippen LogP contribution is -2.24. The van der Waals surface area contributed by atoms with E-state index in [2.05, 4.69) is 0 Å². The van der Waals surface area contributed by atoms with Crippen LogP contribution < -0.4 is 0 Å². The first-order valence-electron chi connectivity index (χ1n) is 8.11. The highest BCUT2D eigenvalue weighted by Crippen LogP contribution is 2.32. The van der Waals surface area contributed by atoms with Gasteiger partial charge in [-0.2, -0.15) is 13.2 Å². The fourth-order valence-electron chi connectivity index (χ4n) is 3.01. The van der Waals surface area contributed by atoms with Crippen LogP contribution in [0.3, 0.4) is 0 Å². The first-order valence-corrected chi connectivity index (χ1v) is 9.59. The summed E-state index contributed by atoms with van der Waals surface area (Å²) in [6.07, 6.45) is 4.28. The molecule has 0 aromatic heterocycles. The number of halogens is 3. The van der Waals surface area contributed by atoms with Crippen LogP contribution in [0.2, 0.25) is 0 Å². The number of carbonyl (C=O) groups excluding carboxylic acids is 1. The Morgan fingerprint density at radius 3 is 2.16 bits per heavy atom. The van der Waals surface area contributed by atoms with E-state index in [0.717, 1.165) is 43.4 Å². The molecule has 1 aromatic rings. The zero-order valence-corrected chi connectivity index (χ0v) is 14.7. The standard InChI is InChI=1S/C17H21F3O4S/c1-12(21)11-24-15-6-2-13(3-7-15)10-14-4-8-16(9-5-14)25(22,23)17(18,19)20/h4-5,8-9,13,15H,2-3,6-7,10-11H2,1H3. The van der Waals surface area contributed by atoms with Gasteiger partial charge in [-0.25, -0.2) is 8.42 Å². The molecule has 0 heterocycles. The van der Waals surface area contributed by atoms with Crippen LogP contribution >= 0.6 is 0 Å². The number of ketones is 1. The van der Waals surface area contributed by atoms with Crippen LogP contribution in [0.5, 0.6) is 0 Å². The minimum absolute atomic E-state index is 0.00368. The van der Waals surface area contributed by atoms with Crippen LogP contribution in [0.1, 0.15) is 38.2 Å². The Morgan fingerprint density at radius 2 is 1.68 bits per heavy atom. The van der Waals surface area contributed by atoms with Crippen molar-refractivity contribution < 1.29 is 31.1 Å².